The Morgan fingerprint density at radius 1 is 1.00 bits per heavy atom. The molecular weight excluding hydrogens is 244 g/mol. The van der Waals surface area contributed by atoms with Gasteiger partial charge in [-0.15, -0.1) is 0 Å². The van der Waals surface area contributed by atoms with Crippen LogP contribution in [0.2, 0.25) is 0 Å². The Kier molecular flexibility index (Phi) is 3.93. The van der Waals surface area contributed by atoms with Gasteiger partial charge in [0.2, 0.25) is 0 Å². The van der Waals surface area contributed by atoms with E-state index in [4.69, 9.17) is 5.73 Å². The molecule has 2 N–H and O–H groups in total. The van der Waals surface area contributed by atoms with Crippen LogP contribution in [0.4, 0.5) is 0 Å². The van der Waals surface area contributed by atoms with Crippen LogP contribution in [0.5, 0.6) is 0 Å². The number of hydrogen-bond acceptors (Lipinski definition) is 5. The molecule has 2 aromatic rings. The Morgan fingerprint density at radius 2 is 1.72 bits per heavy atom. The van der Waals surface area contributed by atoms with Crippen molar-refractivity contribution in [2.24, 2.45) is 5.73 Å². The molecule has 2 aromatic heterocycles. The van der Waals surface area contributed by atoms with Crippen LogP contribution < -0.4 is 5.73 Å². The van der Waals surface area contributed by atoms with Gasteiger partial charge in [0.25, 0.3) is 0 Å². The molecule has 0 aliphatic carbocycles. The fourth-order valence-electron chi connectivity index (χ4n) is 1.70. The summed E-state index contributed by atoms with van der Waals surface area (Å²) in [6, 6.07) is 5.98. The van der Waals surface area contributed by atoms with Gasteiger partial charge in [-0.25, -0.2) is 15.0 Å². The van der Waals surface area contributed by atoms with Gasteiger partial charge in [0, 0.05) is 17.9 Å². The van der Waals surface area contributed by atoms with Gasteiger partial charge >= 0.3 is 0 Å². The van der Waals surface area contributed by atoms with Gasteiger partial charge in [0.15, 0.2) is 5.16 Å². The summed E-state index contributed by atoms with van der Waals surface area (Å²) in [5.74, 6) is 0. The lowest BCUT2D eigenvalue weighted by molar-refractivity contribution is 0.851. The van der Waals surface area contributed by atoms with E-state index in [-0.39, 0.29) is 0 Å². The van der Waals surface area contributed by atoms with E-state index in [0.717, 1.165) is 22.1 Å². The van der Waals surface area contributed by atoms with Crippen molar-refractivity contribution < 1.29 is 0 Å². The van der Waals surface area contributed by atoms with Crippen LogP contribution in [0, 0.1) is 20.8 Å². The second-order valence-electron chi connectivity index (χ2n) is 4.21. The molecule has 94 valence electrons. The van der Waals surface area contributed by atoms with Crippen LogP contribution in [0.25, 0.3) is 0 Å². The molecule has 4 nitrogen and oxygen atoms in total. The molecule has 2 heterocycles. The molecule has 0 aliphatic heterocycles. The van der Waals surface area contributed by atoms with E-state index in [1.807, 2.05) is 32.0 Å². The van der Waals surface area contributed by atoms with Crippen molar-refractivity contribution in [3.05, 3.63) is 40.8 Å². The van der Waals surface area contributed by atoms with Crippen molar-refractivity contribution in [1.29, 1.82) is 0 Å². The zero-order valence-electron chi connectivity index (χ0n) is 10.8. The first kappa shape index (κ1) is 13.0. The minimum absolute atomic E-state index is 0.428. The zero-order chi connectivity index (χ0) is 13.1. The monoisotopic (exact) mass is 260 g/mol. The maximum absolute atomic E-state index is 5.61. The van der Waals surface area contributed by atoms with Crippen LogP contribution in [0.3, 0.4) is 0 Å². The van der Waals surface area contributed by atoms with Crippen molar-refractivity contribution in [3.8, 4) is 0 Å². The van der Waals surface area contributed by atoms with Crippen molar-refractivity contribution in [3.63, 3.8) is 0 Å². The van der Waals surface area contributed by atoms with Gasteiger partial charge in [-0.05, 0) is 56.3 Å². The summed E-state index contributed by atoms with van der Waals surface area (Å²) in [6.07, 6.45) is 0. The van der Waals surface area contributed by atoms with Crippen LogP contribution >= 0.6 is 11.8 Å². The molecule has 0 saturated heterocycles. The Hall–Kier alpha value is -1.46. The van der Waals surface area contributed by atoms with Crippen molar-refractivity contribution in [2.75, 3.05) is 0 Å². The van der Waals surface area contributed by atoms with Crippen LogP contribution in [-0.4, -0.2) is 15.0 Å². The summed E-state index contributed by atoms with van der Waals surface area (Å²) in [4.78, 5) is 13.3. The Labute approximate surface area is 111 Å². The first-order valence-corrected chi connectivity index (χ1v) is 6.56. The lowest BCUT2D eigenvalue weighted by Gasteiger charge is -2.05. The van der Waals surface area contributed by atoms with Gasteiger partial charge < -0.3 is 5.73 Å². The topological polar surface area (TPSA) is 64.7 Å². The van der Waals surface area contributed by atoms with E-state index in [2.05, 4.69) is 21.9 Å². The van der Waals surface area contributed by atoms with Crippen molar-refractivity contribution in [1.82, 2.24) is 15.0 Å². The maximum atomic E-state index is 5.61. The predicted octanol–water partition coefficient (Wildman–Crippen LogP) is 2.41. The third-order valence-corrected chi connectivity index (χ3v) is 3.15. The number of rotatable bonds is 3. The maximum Gasteiger partial charge on any atom is 0.194 e. The van der Waals surface area contributed by atoms with Gasteiger partial charge in [-0.2, -0.15) is 0 Å². The van der Waals surface area contributed by atoms with E-state index in [9.17, 15) is 0 Å². The Morgan fingerprint density at radius 3 is 2.39 bits per heavy atom. The summed E-state index contributed by atoms with van der Waals surface area (Å²) < 4.78 is 0. The van der Waals surface area contributed by atoms with E-state index >= 15 is 0 Å². The molecule has 0 amide bonds. The Bertz CT molecular complexity index is 549. The quantitative estimate of drug-likeness (QED) is 0.858. The number of aromatic nitrogens is 3. The fourth-order valence-corrected chi connectivity index (χ4v) is 2.68. The highest BCUT2D eigenvalue weighted by molar-refractivity contribution is 7.99. The molecule has 0 fully saturated rings. The largest absolute Gasteiger partial charge is 0.325 e. The first-order chi connectivity index (χ1) is 8.56. The third kappa shape index (κ3) is 3.27. The number of nitrogens with zero attached hydrogens (tertiary/aromatic N) is 3. The summed E-state index contributed by atoms with van der Waals surface area (Å²) in [5.41, 5.74) is 9.59. The van der Waals surface area contributed by atoms with Gasteiger partial charge in [0.1, 0.15) is 5.03 Å². The van der Waals surface area contributed by atoms with Gasteiger partial charge in [0.05, 0.1) is 5.69 Å². The summed E-state index contributed by atoms with van der Waals surface area (Å²) in [5, 5.41) is 1.62. The SMILES string of the molecule is Cc1cc(C)nc(Sc2nc(C)cc(CN)n2)c1. The van der Waals surface area contributed by atoms with Gasteiger partial charge in [-0.3, -0.25) is 0 Å². The number of hydrogen-bond donors (Lipinski definition) is 1. The van der Waals surface area contributed by atoms with E-state index in [0.29, 0.717) is 11.7 Å². The van der Waals surface area contributed by atoms with Crippen LogP contribution in [-0.2, 0) is 6.54 Å². The van der Waals surface area contributed by atoms with E-state index in [1.165, 1.54) is 17.3 Å². The first-order valence-electron chi connectivity index (χ1n) is 5.74. The Balaban J connectivity index is 2.30. The highest BCUT2D eigenvalue weighted by atomic mass is 32.2. The minimum atomic E-state index is 0.428. The van der Waals surface area contributed by atoms with Crippen LogP contribution in [0.15, 0.2) is 28.4 Å². The molecule has 0 unspecified atom stereocenters. The molecule has 0 atom stereocenters. The van der Waals surface area contributed by atoms with Crippen LogP contribution in [0.1, 0.15) is 22.6 Å². The van der Waals surface area contributed by atoms with E-state index in [1.54, 1.807) is 0 Å². The van der Waals surface area contributed by atoms with Crippen molar-refractivity contribution >= 4 is 11.8 Å². The second kappa shape index (κ2) is 5.46. The highest BCUT2D eigenvalue weighted by Crippen LogP contribution is 2.24. The molecule has 0 saturated carbocycles. The average molecular weight is 260 g/mol. The molecule has 0 aliphatic rings. The molecule has 5 heteroatoms. The number of pyridine rings is 1. The number of nitrogens with two attached hydrogens (primary N) is 1. The molecule has 0 radical (unpaired) electrons. The van der Waals surface area contributed by atoms with Gasteiger partial charge in [-0.1, -0.05) is 0 Å². The lowest BCUT2D eigenvalue weighted by Crippen LogP contribution is -2.03. The lowest BCUT2D eigenvalue weighted by atomic mass is 10.3. The number of aryl methyl sites for hydroxylation is 3. The summed E-state index contributed by atoms with van der Waals surface area (Å²) >= 11 is 1.47. The average Bonchev–Trinajstić information content (AvgIpc) is 2.26. The van der Waals surface area contributed by atoms with E-state index < -0.39 is 0 Å². The second-order valence-corrected chi connectivity index (χ2v) is 5.20. The summed E-state index contributed by atoms with van der Waals surface area (Å²) in [7, 11) is 0. The fraction of sp³-hybridized carbons (Fsp3) is 0.308. The predicted molar refractivity (Wildman–Crippen MR) is 72.5 cm³/mol. The smallest absolute Gasteiger partial charge is 0.194 e. The molecule has 0 bridgehead atoms. The minimum Gasteiger partial charge on any atom is -0.325 e. The normalized spacial score (nSPS) is 10.7. The third-order valence-electron chi connectivity index (χ3n) is 2.37. The molecule has 0 spiro atoms. The zero-order valence-corrected chi connectivity index (χ0v) is 11.6. The molecule has 0 aromatic carbocycles. The van der Waals surface area contributed by atoms with Crippen molar-refractivity contribution in [2.45, 2.75) is 37.5 Å². The molecular formula is C13H16N4S. The summed E-state index contributed by atoms with van der Waals surface area (Å²) in [6.45, 7) is 6.41. The highest BCUT2D eigenvalue weighted by Gasteiger charge is 2.06. The molecule has 18 heavy (non-hydrogen) atoms. The standard InChI is InChI=1S/C13H16N4S/c1-8-4-9(2)15-12(5-8)18-13-16-10(3)6-11(7-14)17-13/h4-6H,7,14H2,1-3H3. The molecule has 2 rings (SSSR count).